The number of rotatable bonds is 9. The summed E-state index contributed by atoms with van der Waals surface area (Å²) < 4.78 is 0. The van der Waals surface area contributed by atoms with Crippen molar-refractivity contribution >= 4 is 6.21 Å². The highest BCUT2D eigenvalue weighted by atomic mass is 15.1. The molecule has 0 aromatic heterocycles. The summed E-state index contributed by atoms with van der Waals surface area (Å²) in [7, 11) is 2.30. The van der Waals surface area contributed by atoms with E-state index in [-0.39, 0.29) is 0 Å². The van der Waals surface area contributed by atoms with Gasteiger partial charge in [0, 0.05) is 12.6 Å². The topological polar surface area (TPSA) is 27.1 Å². The van der Waals surface area contributed by atoms with E-state index in [1.807, 2.05) is 0 Å². The van der Waals surface area contributed by atoms with Crippen LogP contribution in [0, 0.1) is 5.41 Å². The standard InChI is InChI=1S/C20H32N2/c1-22(20-9-5-2-6-10-20)17-15-19-13-11-18(12-14-19)8-4-3-7-16-21/h11-14,16,20-21H,2-10,15,17H2,1H3. The SMILES string of the molecule is CN(CCc1ccc(CCCCC=N)cc1)C1CCCCC1. The maximum absolute atomic E-state index is 7.04. The van der Waals surface area contributed by atoms with Gasteiger partial charge in [-0.05, 0) is 69.3 Å². The molecule has 0 unspecified atom stereocenters. The van der Waals surface area contributed by atoms with Crippen molar-refractivity contribution < 1.29 is 0 Å². The average molecular weight is 300 g/mol. The summed E-state index contributed by atoms with van der Waals surface area (Å²) in [5.41, 5.74) is 2.90. The van der Waals surface area contributed by atoms with Gasteiger partial charge in [-0.3, -0.25) is 0 Å². The fourth-order valence-corrected chi connectivity index (χ4v) is 3.46. The number of benzene rings is 1. The van der Waals surface area contributed by atoms with E-state index in [0.717, 1.165) is 25.3 Å². The van der Waals surface area contributed by atoms with Crippen molar-refractivity contribution in [3.05, 3.63) is 35.4 Å². The molecule has 0 saturated heterocycles. The number of hydrogen-bond acceptors (Lipinski definition) is 2. The zero-order chi connectivity index (χ0) is 15.6. The monoisotopic (exact) mass is 300 g/mol. The summed E-state index contributed by atoms with van der Waals surface area (Å²) in [5, 5.41) is 7.04. The van der Waals surface area contributed by atoms with Crippen LogP contribution in [0.1, 0.15) is 62.5 Å². The summed E-state index contributed by atoms with van der Waals surface area (Å²) in [6.45, 7) is 1.18. The molecule has 1 aromatic rings. The molecule has 1 aliphatic rings. The molecule has 1 aromatic carbocycles. The van der Waals surface area contributed by atoms with E-state index in [1.165, 1.54) is 68.8 Å². The molecule has 1 saturated carbocycles. The Kier molecular flexibility index (Phi) is 7.65. The normalized spacial score (nSPS) is 16.1. The van der Waals surface area contributed by atoms with Crippen molar-refractivity contribution in [1.82, 2.24) is 4.90 Å². The fourth-order valence-electron chi connectivity index (χ4n) is 3.46. The maximum Gasteiger partial charge on any atom is 0.00923 e. The van der Waals surface area contributed by atoms with Gasteiger partial charge in [-0.1, -0.05) is 43.5 Å². The molecule has 0 bridgehead atoms. The third kappa shape index (κ3) is 5.92. The Hall–Kier alpha value is -1.15. The van der Waals surface area contributed by atoms with Crippen LogP contribution in [0.5, 0.6) is 0 Å². The van der Waals surface area contributed by atoms with Gasteiger partial charge in [-0.25, -0.2) is 0 Å². The van der Waals surface area contributed by atoms with Gasteiger partial charge in [0.15, 0.2) is 0 Å². The van der Waals surface area contributed by atoms with E-state index in [1.54, 1.807) is 0 Å². The van der Waals surface area contributed by atoms with Crippen molar-refractivity contribution in [2.24, 2.45) is 0 Å². The second-order valence-electron chi connectivity index (χ2n) is 6.79. The number of nitrogens with one attached hydrogen (secondary N) is 1. The van der Waals surface area contributed by atoms with Crippen LogP contribution in [0.2, 0.25) is 0 Å². The van der Waals surface area contributed by atoms with Gasteiger partial charge in [0.2, 0.25) is 0 Å². The van der Waals surface area contributed by atoms with E-state index in [4.69, 9.17) is 5.41 Å². The number of aryl methyl sites for hydroxylation is 1. The van der Waals surface area contributed by atoms with Crippen LogP contribution in [0.25, 0.3) is 0 Å². The molecule has 122 valence electrons. The summed E-state index contributed by atoms with van der Waals surface area (Å²) in [5.74, 6) is 0. The Morgan fingerprint density at radius 3 is 2.27 bits per heavy atom. The molecule has 1 N–H and O–H groups in total. The van der Waals surface area contributed by atoms with Crippen molar-refractivity contribution in [3.63, 3.8) is 0 Å². The molecule has 2 nitrogen and oxygen atoms in total. The lowest BCUT2D eigenvalue weighted by Crippen LogP contribution is -2.34. The third-order valence-corrected chi connectivity index (χ3v) is 5.04. The number of likely N-dealkylation sites (N-methyl/N-ethyl adjacent to an activating group) is 1. The second kappa shape index (κ2) is 9.78. The van der Waals surface area contributed by atoms with Crippen molar-refractivity contribution in [3.8, 4) is 0 Å². The van der Waals surface area contributed by atoms with Crippen LogP contribution in [-0.4, -0.2) is 30.7 Å². The molecule has 0 aliphatic heterocycles. The highest BCUT2D eigenvalue weighted by Gasteiger charge is 2.17. The highest BCUT2D eigenvalue weighted by Crippen LogP contribution is 2.21. The fraction of sp³-hybridized carbons (Fsp3) is 0.650. The lowest BCUT2D eigenvalue weighted by Gasteiger charge is -2.31. The van der Waals surface area contributed by atoms with Gasteiger partial charge in [-0.2, -0.15) is 0 Å². The quantitative estimate of drug-likeness (QED) is 0.512. The van der Waals surface area contributed by atoms with Crippen LogP contribution in [-0.2, 0) is 12.8 Å². The molecular formula is C20H32N2. The lowest BCUT2D eigenvalue weighted by atomic mass is 9.94. The van der Waals surface area contributed by atoms with Gasteiger partial charge < -0.3 is 10.3 Å². The van der Waals surface area contributed by atoms with E-state index in [0.29, 0.717) is 0 Å². The van der Waals surface area contributed by atoms with Crippen LogP contribution in [0.15, 0.2) is 24.3 Å². The van der Waals surface area contributed by atoms with Crippen LogP contribution < -0.4 is 0 Å². The Morgan fingerprint density at radius 1 is 1.00 bits per heavy atom. The number of unbranched alkanes of at least 4 members (excludes halogenated alkanes) is 2. The molecule has 0 radical (unpaired) electrons. The number of hydrogen-bond donors (Lipinski definition) is 1. The van der Waals surface area contributed by atoms with Gasteiger partial charge in [0.1, 0.15) is 0 Å². The summed E-state index contributed by atoms with van der Waals surface area (Å²) in [6, 6.07) is 10.0. The largest absolute Gasteiger partial charge is 0.313 e. The van der Waals surface area contributed by atoms with Gasteiger partial charge >= 0.3 is 0 Å². The molecule has 0 amide bonds. The van der Waals surface area contributed by atoms with Crippen LogP contribution in [0.4, 0.5) is 0 Å². The van der Waals surface area contributed by atoms with Gasteiger partial charge in [-0.15, -0.1) is 0 Å². The van der Waals surface area contributed by atoms with Crippen molar-refractivity contribution in [1.29, 1.82) is 5.41 Å². The van der Waals surface area contributed by atoms with E-state index in [9.17, 15) is 0 Å². The molecule has 0 atom stereocenters. The first kappa shape index (κ1) is 17.2. The Morgan fingerprint density at radius 2 is 1.64 bits per heavy atom. The molecule has 1 fully saturated rings. The predicted molar refractivity (Wildman–Crippen MR) is 96.0 cm³/mol. The van der Waals surface area contributed by atoms with Gasteiger partial charge in [0.05, 0.1) is 0 Å². The number of nitrogens with zero attached hydrogens (tertiary/aromatic N) is 1. The van der Waals surface area contributed by atoms with E-state index in [2.05, 4.69) is 36.2 Å². The Bertz CT molecular complexity index is 418. The third-order valence-electron chi connectivity index (χ3n) is 5.04. The lowest BCUT2D eigenvalue weighted by molar-refractivity contribution is 0.194. The Labute approximate surface area is 136 Å². The molecule has 0 heterocycles. The maximum atomic E-state index is 7.04. The van der Waals surface area contributed by atoms with E-state index < -0.39 is 0 Å². The van der Waals surface area contributed by atoms with Crippen LogP contribution >= 0.6 is 0 Å². The Balaban J connectivity index is 1.70. The second-order valence-corrected chi connectivity index (χ2v) is 6.79. The summed E-state index contributed by atoms with van der Waals surface area (Å²) in [6.07, 6.45) is 14.1. The minimum absolute atomic E-state index is 0.821. The van der Waals surface area contributed by atoms with Crippen molar-refractivity contribution in [2.75, 3.05) is 13.6 Å². The first-order valence-electron chi connectivity index (χ1n) is 9.06. The molecule has 2 rings (SSSR count). The zero-order valence-electron chi connectivity index (χ0n) is 14.2. The van der Waals surface area contributed by atoms with E-state index >= 15 is 0 Å². The molecule has 1 aliphatic carbocycles. The summed E-state index contributed by atoms with van der Waals surface area (Å²) >= 11 is 0. The minimum atomic E-state index is 0.821. The molecular weight excluding hydrogens is 268 g/mol. The van der Waals surface area contributed by atoms with Gasteiger partial charge in [0.25, 0.3) is 0 Å². The van der Waals surface area contributed by atoms with Crippen LogP contribution in [0.3, 0.4) is 0 Å². The minimum Gasteiger partial charge on any atom is -0.313 e. The average Bonchev–Trinajstić information content (AvgIpc) is 2.58. The molecule has 0 spiro atoms. The smallest absolute Gasteiger partial charge is 0.00923 e. The zero-order valence-corrected chi connectivity index (χ0v) is 14.2. The first-order valence-corrected chi connectivity index (χ1v) is 9.06. The first-order chi connectivity index (χ1) is 10.8. The molecule has 22 heavy (non-hydrogen) atoms. The van der Waals surface area contributed by atoms with Crippen molar-refractivity contribution in [2.45, 2.75) is 70.3 Å². The molecule has 2 heteroatoms. The highest BCUT2D eigenvalue weighted by molar-refractivity contribution is 5.52. The summed E-state index contributed by atoms with van der Waals surface area (Å²) in [4.78, 5) is 2.57. The predicted octanol–water partition coefficient (Wildman–Crippen LogP) is 4.86.